The van der Waals surface area contributed by atoms with Crippen molar-refractivity contribution in [3.63, 3.8) is 0 Å². The molecule has 5 heterocycles. The summed E-state index contributed by atoms with van der Waals surface area (Å²) in [4.78, 5) is 28.6. The molecule has 2 saturated heterocycles. The maximum Gasteiger partial charge on any atom is 0.293 e. The molecule has 0 bridgehead atoms. The van der Waals surface area contributed by atoms with Gasteiger partial charge in [0, 0.05) is 25.3 Å². The zero-order chi connectivity index (χ0) is 29.8. The highest BCUT2D eigenvalue weighted by Crippen LogP contribution is 2.43. The second-order valence-corrected chi connectivity index (χ2v) is 10.7. The van der Waals surface area contributed by atoms with Crippen molar-refractivity contribution in [2.75, 3.05) is 30.5 Å². The van der Waals surface area contributed by atoms with Crippen molar-refractivity contribution >= 4 is 29.4 Å². The molecule has 0 spiro atoms. The smallest absolute Gasteiger partial charge is 0.293 e. The topological polar surface area (TPSA) is 190 Å². The number of aromatic amines is 1. The van der Waals surface area contributed by atoms with Gasteiger partial charge in [-0.1, -0.05) is 42.4 Å². The van der Waals surface area contributed by atoms with Crippen molar-refractivity contribution in [1.29, 1.82) is 0 Å². The largest absolute Gasteiger partial charge is 0.458 e. The van der Waals surface area contributed by atoms with Crippen molar-refractivity contribution in [2.24, 2.45) is 0 Å². The van der Waals surface area contributed by atoms with E-state index in [1.165, 1.54) is 0 Å². The molecule has 6 rings (SSSR count). The average molecular weight is 594 g/mol. The van der Waals surface area contributed by atoms with E-state index < -0.39 is 24.4 Å². The van der Waals surface area contributed by atoms with Gasteiger partial charge in [-0.15, -0.1) is 0 Å². The van der Waals surface area contributed by atoms with E-state index in [2.05, 4.69) is 30.7 Å². The molecule has 43 heavy (non-hydrogen) atoms. The number of nitrogens with zero attached hydrogens (tertiary/aromatic N) is 4. The summed E-state index contributed by atoms with van der Waals surface area (Å²) < 4.78 is 22.3. The predicted molar refractivity (Wildman–Crippen MR) is 153 cm³/mol. The maximum absolute atomic E-state index is 11.3. The zero-order valence-electron chi connectivity index (χ0n) is 23.7. The summed E-state index contributed by atoms with van der Waals surface area (Å²) in [5.41, 5.74) is 2.62. The van der Waals surface area contributed by atoms with Gasteiger partial charge in [0.25, 0.3) is 6.47 Å². The Morgan fingerprint density at radius 1 is 1.16 bits per heavy atom. The standard InChI is InChI=1S/C29H35N7O7/c1-2-17-13-20(43-36-17)23-24(41-15-38)22(39)25(42-23)28-32-21-26(30-18-8-10-40-11-9-18)34-29(35-27(21)33-28)31-19(14-37)12-16-6-4-3-5-7-16/h3-7,13,15,18-19,22-25,37,39H,2,8-12,14H2,1H3,(H3,30,31,32,33,34,35)/t19-,22+,23+,24-,25-/m0/s1. The Labute approximate surface area is 247 Å². The Balaban J connectivity index is 1.32. The lowest BCUT2D eigenvalue weighted by atomic mass is 10.1. The van der Waals surface area contributed by atoms with Crippen LogP contribution in [0.4, 0.5) is 11.8 Å². The van der Waals surface area contributed by atoms with Gasteiger partial charge in [0.1, 0.15) is 23.5 Å². The minimum absolute atomic E-state index is 0.117. The van der Waals surface area contributed by atoms with Crippen molar-refractivity contribution in [3.8, 4) is 0 Å². The molecular formula is C29H35N7O7. The number of aliphatic hydroxyl groups is 2. The minimum Gasteiger partial charge on any atom is -0.458 e. The number of ether oxygens (including phenoxy) is 3. The van der Waals surface area contributed by atoms with E-state index in [0.717, 1.165) is 18.4 Å². The van der Waals surface area contributed by atoms with E-state index in [9.17, 15) is 15.0 Å². The van der Waals surface area contributed by atoms with Gasteiger partial charge in [-0.25, -0.2) is 4.98 Å². The molecule has 1 aromatic carbocycles. The summed E-state index contributed by atoms with van der Waals surface area (Å²) in [7, 11) is 0. The molecule has 0 radical (unpaired) electrons. The van der Waals surface area contributed by atoms with E-state index in [1.54, 1.807) is 6.07 Å². The first kappa shape index (κ1) is 29.0. The quantitative estimate of drug-likeness (QED) is 0.150. The summed E-state index contributed by atoms with van der Waals surface area (Å²) in [6.07, 6.45) is -1.37. The molecule has 14 nitrogen and oxygen atoms in total. The van der Waals surface area contributed by atoms with Gasteiger partial charge in [0.15, 0.2) is 29.4 Å². The maximum atomic E-state index is 11.3. The van der Waals surface area contributed by atoms with Gasteiger partial charge in [-0.3, -0.25) is 4.79 Å². The molecule has 5 atom stereocenters. The highest BCUT2D eigenvalue weighted by Gasteiger charge is 2.50. The number of H-pyrrole nitrogens is 1. The Morgan fingerprint density at radius 3 is 2.70 bits per heavy atom. The zero-order valence-corrected chi connectivity index (χ0v) is 23.7. The Morgan fingerprint density at radius 2 is 1.98 bits per heavy atom. The number of aliphatic hydroxyl groups excluding tert-OH is 2. The highest BCUT2D eigenvalue weighted by molar-refractivity contribution is 5.84. The Kier molecular flexibility index (Phi) is 8.79. The molecule has 4 aromatic rings. The molecular weight excluding hydrogens is 558 g/mol. The van der Waals surface area contributed by atoms with E-state index >= 15 is 0 Å². The number of fused-ring (bicyclic) bond motifs is 1. The predicted octanol–water partition coefficient (Wildman–Crippen LogP) is 2.22. The molecule has 0 aliphatic carbocycles. The van der Waals surface area contributed by atoms with Crippen molar-refractivity contribution in [2.45, 2.75) is 69.1 Å². The van der Waals surface area contributed by atoms with E-state index in [1.807, 2.05) is 37.3 Å². The average Bonchev–Trinajstić information content (AvgIpc) is 3.76. The molecule has 2 aliphatic heterocycles. The van der Waals surface area contributed by atoms with Gasteiger partial charge in [-0.2, -0.15) is 9.97 Å². The summed E-state index contributed by atoms with van der Waals surface area (Å²) in [5.74, 6) is 1.42. The van der Waals surface area contributed by atoms with Crippen LogP contribution in [0.1, 0.15) is 54.8 Å². The molecule has 0 unspecified atom stereocenters. The van der Waals surface area contributed by atoms with Crippen molar-refractivity contribution in [1.82, 2.24) is 25.1 Å². The van der Waals surface area contributed by atoms with Gasteiger partial charge in [0.05, 0.1) is 18.3 Å². The van der Waals surface area contributed by atoms with Crippen LogP contribution in [0.25, 0.3) is 11.2 Å². The first-order valence-electron chi connectivity index (χ1n) is 14.5. The first-order chi connectivity index (χ1) is 21.1. The van der Waals surface area contributed by atoms with Crippen LogP contribution in [0.2, 0.25) is 0 Å². The van der Waals surface area contributed by atoms with Crippen molar-refractivity contribution < 1.29 is 33.7 Å². The normalized spacial score (nSPS) is 23.3. The van der Waals surface area contributed by atoms with Crippen LogP contribution in [-0.4, -0.2) is 85.9 Å². The SMILES string of the molecule is CCc1cc([C@H]2O[C@H](c3nc4nc(N[C@H](CO)Cc5ccccc5)nc(NC5CCOCC5)c4[nH]3)[C@H](O)[C@@H]2OC=O)on1. The number of aryl methyl sites for hydroxylation is 1. The number of imidazole rings is 1. The first-order valence-corrected chi connectivity index (χ1v) is 14.5. The minimum atomic E-state index is -1.26. The van der Waals surface area contributed by atoms with Gasteiger partial charge < -0.3 is 44.6 Å². The number of rotatable bonds is 12. The monoisotopic (exact) mass is 593 g/mol. The molecule has 228 valence electrons. The second kappa shape index (κ2) is 13.0. The molecule has 5 N–H and O–H groups in total. The Hall–Kier alpha value is -4.11. The van der Waals surface area contributed by atoms with E-state index in [-0.39, 0.29) is 36.9 Å². The van der Waals surface area contributed by atoms with Crippen LogP contribution in [0.3, 0.4) is 0 Å². The van der Waals surface area contributed by atoms with Crippen molar-refractivity contribution in [3.05, 3.63) is 59.2 Å². The van der Waals surface area contributed by atoms with E-state index in [0.29, 0.717) is 54.5 Å². The highest BCUT2D eigenvalue weighted by atomic mass is 16.6. The number of hydrogen-bond acceptors (Lipinski definition) is 13. The van der Waals surface area contributed by atoms with Gasteiger partial charge >= 0.3 is 0 Å². The third kappa shape index (κ3) is 6.32. The third-order valence-electron chi connectivity index (χ3n) is 7.75. The molecule has 3 aromatic heterocycles. The molecule has 2 fully saturated rings. The summed E-state index contributed by atoms with van der Waals surface area (Å²) in [5, 5.41) is 32.0. The lowest BCUT2D eigenvalue weighted by Gasteiger charge is -2.24. The number of benzene rings is 1. The fraction of sp³-hybridized carbons (Fsp3) is 0.483. The fourth-order valence-corrected chi connectivity index (χ4v) is 5.46. The lowest BCUT2D eigenvalue weighted by Crippen LogP contribution is -2.30. The number of anilines is 2. The fourth-order valence-electron chi connectivity index (χ4n) is 5.46. The van der Waals surface area contributed by atoms with Crippen LogP contribution in [-0.2, 0) is 31.8 Å². The van der Waals surface area contributed by atoms with E-state index in [4.69, 9.17) is 23.7 Å². The third-order valence-corrected chi connectivity index (χ3v) is 7.75. The molecule has 0 saturated carbocycles. The summed E-state index contributed by atoms with van der Waals surface area (Å²) >= 11 is 0. The van der Waals surface area contributed by atoms with Gasteiger partial charge in [-0.05, 0) is 31.2 Å². The lowest BCUT2D eigenvalue weighted by molar-refractivity contribution is -0.140. The van der Waals surface area contributed by atoms with Gasteiger partial charge in [0.2, 0.25) is 5.95 Å². The Bertz CT molecular complexity index is 1510. The van der Waals surface area contributed by atoms with Crippen LogP contribution in [0.15, 0.2) is 40.9 Å². The van der Waals surface area contributed by atoms with Crippen LogP contribution in [0.5, 0.6) is 0 Å². The van der Waals surface area contributed by atoms with Crippen LogP contribution in [0, 0.1) is 0 Å². The number of hydrogen-bond donors (Lipinski definition) is 5. The number of aromatic nitrogens is 5. The molecule has 0 amide bonds. The number of carbonyl (C=O) groups is 1. The number of nitrogens with one attached hydrogen (secondary N) is 3. The summed E-state index contributed by atoms with van der Waals surface area (Å²) in [6.45, 7) is 3.35. The molecule has 14 heteroatoms. The van der Waals surface area contributed by atoms with Crippen LogP contribution >= 0.6 is 0 Å². The second-order valence-electron chi connectivity index (χ2n) is 10.7. The number of carbonyl (C=O) groups excluding carboxylic acids is 1. The molecule has 2 aliphatic rings. The summed E-state index contributed by atoms with van der Waals surface area (Å²) in [6, 6.07) is 11.3. The van der Waals surface area contributed by atoms with Crippen LogP contribution < -0.4 is 10.6 Å².